The van der Waals surface area contributed by atoms with Crippen molar-refractivity contribution in [3.63, 3.8) is 0 Å². The molecule has 4 rings (SSSR count). The van der Waals surface area contributed by atoms with Gasteiger partial charge in [0.2, 0.25) is 5.91 Å². The number of carbonyl (C=O) groups is 3. The summed E-state index contributed by atoms with van der Waals surface area (Å²) in [6.07, 6.45) is 2.53. The molecule has 6 nitrogen and oxygen atoms in total. The molecule has 146 valence electrons. The summed E-state index contributed by atoms with van der Waals surface area (Å²) in [5.74, 6) is -2.79. The van der Waals surface area contributed by atoms with Crippen molar-refractivity contribution in [2.45, 2.75) is 26.2 Å². The summed E-state index contributed by atoms with van der Waals surface area (Å²) in [4.78, 5) is 38.0. The highest BCUT2D eigenvalue weighted by Gasteiger charge is 2.54. The van der Waals surface area contributed by atoms with E-state index in [0.717, 1.165) is 35.3 Å². The average Bonchev–Trinajstić information content (AvgIpc) is 3.40. The van der Waals surface area contributed by atoms with E-state index in [2.05, 4.69) is 10.9 Å². The van der Waals surface area contributed by atoms with Gasteiger partial charge >= 0.3 is 5.97 Å². The van der Waals surface area contributed by atoms with Crippen LogP contribution >= 0.6 is 11.3 Å². The normalized spacial score (nSPS) is 25.5. The highest BCUT2D eigenvalue weighted by atomic mass is 32.1. The van der Waals surface area contributed by atoms with Crippen LogP contribution in [0.5, 0.6) is 0 Å². The second-order valence-electron chi connectivity index (χ2n) is 7.61. The molecule has 2 aliphatic rings. The van der Waals surface area contributed by atoms with Crippen LogP contribution in [0.25, 0.3) is 11.1 Å². The number of nitrogens with one attached hydrogen (secondary N) is 2. The van der Waals surface area contributed by atoms with E-state index in [1.807, 2.05) is 37.3 Å². The first-order valence-electron chi connectivity index (χ1n) is 9.44. The van der Waals surface area contributed by atoms with Crippen molar-refractivity contribution in [1.82, 2.24) is 10.9 Å². The molecule has 4 atom stereocenters. The summed E-state index contributed by atoms with van der Waals surface area (Å²) in [6, 6.07) is 9.63. The third kappa shape index (κ3) is 3.20. The van der Waals surface area contributed by atoms with Gasteiger partial charge in [-0.15, -0.1) is 11.3 Å². The Morgan fingerprint density at radius 3 is 2.39 bits per heavy atom. The smallest absolute Gasteiger partial charge is 0.307 e. The van der Waals surface area contributed by atoms with E-state index in [0.29, 0.717) is 5.56 Å². The topological polar surface area (TPSA) is 95.5 Å². The van der Waals surface area contributed by atoms with E-state index in [1.165, 1.54) is 11.3 Å². The fraction of sp³-hybridized carbons (Fsp3) is 0.381. The van der Waals surface area contributed by atoms with Gasteiger partial charge in [-0.3, -0.25) is 25.2 Å². The molecule has 0 spiro atoms. The summed E-state index contributed by atoms with van der Waals surface area (Å²) in [6.45, 7) is 1.95. The molecule has 2 aromatic rings. The number of hydrogen-bond acceptors (Lipinski definition) is 4. The largest absolute Gasteiger partial charge is 0.481 e. The zero-order valence-corrected chi connectivity index (χ0v) is 16.3. The molecule has 2 fully saturated rings. The molecule has 0 unspecified atom stereocenters. The molecule has 1 heterocycles. The molecule has 2 aliphatic carbocycles. The van der Waals surface area contributed by atoms with E-state index in [-0.39, 0.29) is 11.8 Å². The number of thiophene rings is 1. The van der Waals surface area contributed by atoms with Gasteiger partial charge in [0, 0.05) is 15.8 Å². The van der Waals surface area contributed by atoms with E-state index in [4.69, 9.17) is 0 Å². The van der Waals surface area contributed by atoms with Gasteiger partial charge in [0.1, 0.15) is 0 Å². The van der Waals surface area contributed by atoms with E-state index in [1.54, 1.807) is 5.38 Å². The summed E-state index contributed by atoms with van der Waals surface area (Å²) in [7, 11) is 0. The van der Waals surface area contributed by atoms with Crippen LogP contribution in [0.1, 0.15) is 34.5 Å². The van der Waals surface area contributed by atoms with Crippen LogP contribution in [0.15, 0.2) is 35.7 Å². The van der Waals surface area contributed by atoms with Crippen molar-refractivity contribution >= 4 is 29.1 Å². The highest BCUT2D eigenvalue weighted by Crippen LogP contribution is 2.52. The van der Waals surface area contributed by atoms with Crippen molar-refractivity contribution in [2.75, 3.05) is 0 Å². The Bertz CT molecular complexity index is 924. The Balaban J connectivity index is 1.47. The Morgan fingerprint density at radius 2 is 1.71 bits per heavy atom. The van der Waals surface area contributed by atoms with Crippen molar-refractivity contribution < 1.29 is 19.5 Å². The number of rotatable bonds is 4. The Kier molecular flexibility index (Phi) is 4.93. The molecular weight excluding hydrogens is 376 g/mol. The average molecular weight is 398 g/mol. The number of aryl methyl sites for hydroxylation is 1. The van der Waals surface area contributed by atoms with E-state index in [9.17, 15) is 19.5 Å². The van der Waals surface area contributed by atoms with Gasteiger partial charge in [0.05, 0.1) is 17.4 Å². The summed E-state index contributed by atoms with van der Waals surface area (Å²) < 4.78 is 0. The molecule has 0 radical (unpaired) electrons. The number of carbonyl (C=O) groups excluding carboxylic acids is 2. The zero-order chi connectivity index (χ0) is 19.8. The predicted octanol–water partition coefficient (Wildman–Crippen LogP) is 3.23. The van der Waals surface area contributed by atoms with Gasteiger partial charge in [0.25, 0.3) is 5.91 Å². The number of hydrogen-bond donors (Lipinski definition) is 3. The molecular formula is C21H22N2O4S. The van der Waals surface area contributed by atoms with Crippen LogP contribution in [0.4, 0.5) is 0 Å². The molecule has 2 saturated carbocycles. The fourth-order valence-electron chi connectivity index (χ4n) is 4.88. The molecule has 0 aliphatic heterocycles. The monoisotopic (exact) mass is 398 g/mol. The van der Waals surface area contributed by atoms with Crippen molar-refractivity contribution in [3.8, 4) is 11.1 Å². The van der Waals surface area contributed by atoms with Crippen molar-refractivity contribution in [1.29, 1.82) is 0 Å². The molecule has 2 amide bonds. The van der Waals surface area contributed by atoms with E-state index < -0.39 is 29.6 Å². The lowest BCUT2D eigenvalue weighted by molar-refractivity contribution is -0.149. The number of amides is 2. The number of benzene rings is 1. The SMILES string of the molecule is Cc1scc(C(=O)NNC(=O)[C@@H]2[C@H]3CC[C@@H](C3)[C@H]2C(=O)O)c1-c1ccccc1. The van der Waals surface area contributed by atoms with Gasteiger partial charge in [-0.2, -0.15) is 0 Å². The quantitative estimate of drug-likeness (QED) is 0.689. The van der Waals surface area contributed by atoms with Crippen LogP contribution in [0, 0.1) is 30.6 Å². The third-order valence-corrected chi connectivity index (χ3v) is 7.00. The van der Waals surface area contributed by atoms with E-state index >= 15 is 0 Å². The first-order valence-corrected chi connectivity index (χ1v) is 10.3. The van der Waals surface area contributed by atoms with Crippen LogP contribution in [-0.4, -0.2) is 22.9 Å². The molecule has 1 aromatic carbocycles. The molecule has 28 heavy (non-hydrogen) atoms. The van der Waals surface area contributed by atoms with Gasteiger partial charge < -0.3 is 5.11 Å². The molecule has 3 N–H and O–H groups in total. The highest BCUT2D eigenvalue weighted by molar-refractivity contribution is 7.10. The van der Waals surface area contributed by atoms with Crippen molar-refractivity contribution in [3.05, 3.63) is 46.2 Å². The molecule has 0 saturated heterocycles. The van der Waals surface area contributed by atoms with Gasteiger partial charge in [0.15, 0.2) is 0 Å². The maximum atomic E-state index is 12.7. The predicted molar refractivity (Wildman–Crippen MR) is 106 cm³/mol. The number of carboxylic acid groups (broad SMARTS) is 1. The minimum Gasteiger partial charge on any atom is -0.481 e. The minimum atomic E-state index is -0.918. The molecule has 1 aromatic heterocycles. The maximum Gasteiger partial charge on any atom is 0.307 e. The Morgan fingerprint density at radius 1 is 1.04 bits per heavy atom. The summed E-state index contributed by atoms with van der Waals surface area (Å²) in [5, 5.41) is 11.3. The number of aliphatic carboxylic acids is 1. The third-order valence-electron chi connectivity index (χ3n) is 6.09. The fourth-order valence-corrected chi connectivity index (χ4v) is 5.74. The lowest BCUT2D eigenvalue weighted by Gasteiger charge is -2.27. The Hall–Kier alpha value is -2.67. The number of carboxylic acids is 1. The summed E-state index contributed by atoms with van der Waals surface area (Å²) >= 11 is 1.48. The maximum absolute atomic E-state index is 12.7. The second-order valence-corrected chi connectivity index (χ2v) is 8.70. The molecule has 7 heteroatoms. The second kappa shape index (κ2) is 7.39. The van der Waals surface area contributed by atoms with Gasteiger partial charge in [-0.25, -0.2) is 0 Å². The Labute approximate surface area is 166 Å². The van der Waals surface area contributed by atoms with Gasteiger partial charge in [-0.1, -0.05) is 30.3 Å². The van der Waals surface area contributed by atoms with Crippen molar-refractivity contribution in [2.24, 2.45) is 23.7 Å². The minimum absolute atomic E-state index is 0.0677. The number of hydrazine groups is 1. The van der Waals surface area contributed by atoms with Gasteiger partial charge in [-0.05, 0) is 43.6 Å². The van der Waals surface area contributed by atoms with Crippen LogP contribution in [0.3, 0.4) is 0 Å². The lowest BCUT2D eigenvalue weighted by Crippen LogP contribution is -2.48. The first-order chi connectivity index (χ1) is 13.5. The van der Waals surface area contributed by atoms with Crippen LogP contribution in [0.2, 0.25) is 0 Å². The number of fused-ring (bicyclic) bond motifs is 2. The van der Waals surface area contributed by atoms with Crippen LogP contribution < -0.4 is 10.9 Å². The van der Waals surface area contributed by atoms with Crippen LogP contribution in [-0.2, 0) is 9.59 Å². The molecule has 2 bridgehead atoms. The first kappa shape index (κ1) is 18.7. The summed E-state index contributed by atoms with van der Waals surface area (Å²) in [5.41, 5.74) is 7.26. The standard InChI is InChI=1S/C21H22N2O4S/c1-11-16(12-5-3-2-4-6-12)15(10-28-11)19(24)22-23-20(25)17-13-7-8-14(9-13)18(17)21(26)27/h2-6,10,13-14,17-18H,7-9H2,1H3,(H,22,24)(H,23,25)(H,26,27)/t13-,14-,17+,18+/m0/s1. The zero-order valence-electron chi connectivity index (χ0n) is 15.5. The lowest BCUT2D eigenvalue weighted by atomic mass is 9.79.